The Kier molecular flexibility index (Phi) is 4.80. The van der Waals surface area contributed by atoms with Crippen molar-refractivity contribution < 1.29 is 4.79 Å². The minimum atomic E-state index is 0.364. The summed E-state index contributed by atoms with van der Waals surface area (Å²) in [5.74, 6) is 0.364. The van der Waals surface area contributed by atoms with E-state index in [1.165, 1.54) is 19.3 Å². The second-order valence-corrected chi connectivity index (χ2v) is 5.34. The van der Waals surface area contributed by atoms with E-state index in [-0.39, 0.29) is 0 Å². The summed E-state index contributed by atoms with van der Waals surface area (Å²) < 4.78 is 0. The summed E-state index contributed by atoms with van der Waals surface area (Å²) in [6, 6.07) is 0. The van der Waals surface area contributed by atoms with Crippen LogP contribution in [0.4, 0.5) is 0 Å². The van der Waals surface area contributed by atoms with Gasteiger partial charge in [0.2, 0.25) is 5.91 Å². The van der Waals surface area contributed by atoms with Gasteiger partial charge in [-0.05, 0) is 26.3 Å². The number of carbonyl (C=O) groups is 1. The molecule has 2 heterocycles. The zero-order chi connectivity index (χ0) is 12.1. The highest BCUT2D eigenvalue weighted by atomic mass is 16.2. The minimum absolute atomic E-state index is 0.364. The van der Waals surface area contributed by atoms with Gasteiger partial charge in [-0.1, -0.05) is 0 Å². The minimum Gasteiger partial charge on any atom is -0.343 e. The SMILES string of the molecule is CN1CCN(CCC(=O)N2CCCCC2)CC1. The maximum Gasteiger partial charge on any atom is 0.223 e. The molecule has 0 saturated carbocycles. The predicted octanol–water partition coefficient (Wildman–Crippen LogP) is 0.636. The van der Waals surface area contributed by atoms with Crippen LogP contribution in [0.15, 0.2) is 0 Å². The molecule has 1 amide bonds. The molecule has 0 aromatic carbocycles. The monoisotopic (exact) mass is 239 g/mol. The lowest BCUT2D eigenvalue weighted by Gasteiger charge is -2.33. The average molecular weight is 239 g/mol. The van der Waals surface area contributed by atoms with Gasteiger partial charge in [-0.15, -0.1) is 0 Å². The average Bonchev–Trinajstić information content (AvgIpc) is 2.39. The second-order valence-electron chi connectivity index (χ2n) is 5.34. The van der Waals surface area contributed by atoms with E-state index in [1.54, 1.807) is 0 Å². The zero-order valence-corrected chi connectivity index (χ0v) is 11.0. The Bertz CT molecular complexity index is 243. The van der Waals surface area contributed by atoms with Gasteiger partial charge in [-0.25, -0.2) is 0 Å². The summed E-state index contributed by atoms with van der Waals surface area (Å²) >= 11 is 0. The molecule has 2 aliphatic rings. The van der Waals surface area contributed by atoms with Crippen LogP contribution in [0, 0.1) is 0 Å². The molecule has 2 fully saturated rings. The fraction of sp³-hybridized carbons (Fsp3) is 0.923. The van der Waals surface area contributed by atoms with Crippen LogP contribution in [0.2, 0.25) is 0 Å². The van der Waals surface area contributed by atoms with Crippen LogP contribution in [-0.4, -0.2) is 73.5 Å². The third-order valence-electron chi connectivity index (χ3n) is 3.95. The van der Waals surface area contributed by atoms with Gasteiger partial charge in [0.1, 0.15) is 0 Å². The first kappa shape index (κ1) is 12.8. The van der Waals surface area contributed by atoms with E-state index in [9.17, 15) is 4.79 Å². The Morgan fingerprint density at radius 3 is 2.24 bits per heavy atom. The standard InChI is InChI=1S/C13H25N3O/c1-14-9-11-15(12-10-14)8-5-13(17)16-6-3-2-4-7-16/h2-12H2,1H3. The maximum absolute atomic E-state index is 12.0. The molecule has 0 bridgehead atoms. The first-order chi connectivity index (χ1) is 8.25. The summed E-state index contributed by atoms with van der Waals surface area (Å²) in [7, 11) is 2.16. The highest BCUT2D eigenvalue weighted by Gasteiger charge is 2.18. The van der Waals surface area contributed by atoms with Crippen LogP contribution < -0.4 is 0 Å². The Morgan fingerprint density at radius 1 is 0.941 bits per heavy atom. The number of hydrogen-bond donors (Lipinski definition) is 0. The molecule has 0 radical (unpaired) electrons. The molecular weight excluding hydrogens is 214 g/mol. The Morgan fingerprint density at radius 2 is 1.59 bits per heavy atom. The quantitative estimate of drug-likeness (QED) is 0.723. The highest BCUT2D eigenvalue weighted by Crippen LogP contribution is 2.10. The van der Waals surface area contributed by atoms with Gasteiger partial charge in [-0.2, -0.15) is 0 Å². The summed E-state index contributed by atoms with van der Waals surface area (Å²) in [6.45, 7) is 7.43. The van der Waals surface area contributed by atoms with Crippen molar-refractivity contribution in [3.63, 3.8) is 0 Å². The number of likely N-dealkylation sites (tertiary alicyclic amines) is 1. The number of likely N-dealkylation sites (N-methyl/N-ethyl adjacent to an activating group) is 1. The molecule has 0 spiro atoms. The van der Waals surface area contributed by atoms with Gasteiger partial charge in [-0.3, -0.25) is 4.79 Å². The largest absolute Gasteiger partial charge is 0.343 e. The zero-order valence-electron chi connectivity index (χ0n) is 11.0. The lowest BCUT2D eigenvalue weighted by atomic mass is 10.1. The summed E-state index contributed by atoms with van der Waals surface area (Å²) in [6.07, 6.45) is 4.40. The molecule has 17 heavy (non-hydrogen) atoms. The van der Waals surface area contributed by atoms with E-state index < -0.39 is 0 Å². The molecule has 0 aromatic heterocycles. The summed E-state index contributed by atoms with van der Waals surface area (Å²) in [5, 5.41) is 0. The summed E-state index contributed by atoms with van der Waals surface area (Å²) in [4.78, 5) is 18.8. The van der Waals surface area contributed by atoms with Crippen LogP contribution in [0.5, 0.6) is 0 Å². The smallest absolute Gasteiger partial charge is 0.223 e. The molecule has 4 nitrogen and oxygen atoms in total. The molecule has 0 atom stereocenters. The van der Waals surface area contributed by atoms with E-state index in [2.05, 4.69) is 21.7 Å². The Balaban J connectivity index is 1.65. The third-order valence-corrected chi connectivity index (χ3v) is 3.95. The van der Waals surface area contributed by atoms with E-state index in [1.807, 2.05) is 0 Å². The van der Waals surface area contributed by atoms with Crippen molar-refractivity contribution in [2.45, 2.75) is 25.7 Å². The number of hydrogen-bond acceptors (Lipinski definition) is 3. The van der Waals surface area contributed by atoms with Gasteiger partial charge in [0, 0.05) is 52.2 Å². The molecule has 0 aromatic rings. The van der Waals surface area contributed by atoms with Crippen molar-refractivity contribution in [2.24, 2.45) is 0 Å². The van der Waals surface area contributed by atoms with Crippen molar-refractivity contribution in [3.05, 3.63) is 0 Å². The molecule has 2 saturated heterocycles. The second kappa shape index (κ2) is 6.36. The number of nitrogens with zero attached hydrogens (tertiary/aromatic N) is 3. The number of carbonyl (C=O) groups excluding carboxylic acids is 1. The van der Waals surface area contributed by atoms with Gasteiger partial charge in [0.15, 0.2) is 0 Å². The van der Waals surface area contributed by atoms with E-state index in [0.717, 1.165) is 45.8 Å². The van der Waals surface area contributed by atoms with Crippen molar-refractivity contribution in [2.75, 3.05) is 52.9 Å². The van der Waals surface area contributed by atoms with Crippen LogP contribution in [0.25, 0.3) is 0 Å². The van der Waals surface area contributed by atoms with Crippen LogP contribution in [-0.2, 0) is 4.79 Å². The first-order valence-corrected chi connectivity index (χ1v) is 6.94. The van der Waals surface area contributed by atoms with Crippen LogP contribution in [0.3, 0.4) is 0 Å². The third kappa shape index (κ3) is 3.96. The first-order valence-electron chi connectivity index (χ1n) is 6.94. The lowest BCUT2D eigenvalue weighted by molar-refractivity contribution is -0.132. The fourth-order valence-corrected chi connectivity index (χ4v) is 2.63. The van der Waals surface area contributed by atoms with Crippen LogP contribution >= 0.6 is 0 Å². The van der Waals surface area contributed by atoms with Crippen molar-refractivity contribution in [1.29, 1.82) is 0 Å². The number of piperidine rings is 1. The van der Waals surface area contributed by atoms with E-state index in [0.29, 0.717) is 12.3 Å². The van der Waals surface area contributed by atoms with Crippen molar-refractivity contribution >= 4 is 5.91 Å². The Labute approximate surface area is 105 Å². The molecule has 2 aliphatic heterocycles. The van der Waals surface area contributed by atoms with Gasteiger partial charge < -0.3 is 14.7 Å². The van der Waals surface area contributed by atoms with E-state index in [4.69, 9.17) is 0 Å². The maximum atomic E-state index is 12.0. The lowest BCUT2D eigenvalue weighted by Crippen LogP contribution is -2.46. The molecular formula is C13H25N3O. The number of rotatable bonds is 3. The molecule has 4 heteroatoms. The van der Waals surface area contributed by atoms with Gasteiger partial charge in [0.25, 0.3) is 0 Å². The normalized spacial score (nSPS) is 23.9. The van der Waals surface area contributed by atoms with E-state index >= 15 is 0 Å². The molecule has 0 unspecified atom stereocenters. The fourth-order valence-electron chi connectivity index (χ4n) is 2.63. The van der Waals surface area contributed by atoms with Crippen LogP contribution in [0.1, 0.15) is 25.7 Å². The predicted molar refractivity (Wildman–Crippen MR) is 69.0 cm³/mol. The number of amides is 1. The molecule has 98 valence electrons. The molecule has 0 N–H and O–H groups in total. The van der Waals surface area contributed by atoms with Crippen molar-refractivity contribution in [3.8, 4) is 0 Å². The number of piperazine rings is 1. The molecule has 2 rings (SSSR count). The Hall–Kier alpha value is -0.610. The highest BCUT2D eigenvalue weighted by molar-refractivity contribution is 5.76. The van der Waals surface area contributed by atoms with Gasteiger partial charge >= 0.3 is 0 Å². The topological polar surface area (TPSA) is 26.8 Å². The van der Waals surface area contributed by atoms with Gasteiger partial charge in [0.05, 0.1) is 0 Å². The summed E-state index contributed by atoms with van der Waals surface area (Å²) in [5.41, 5.74) is 0. The van der Waals surface area contributed by atoms with Crippen molar-refractivity contribution in [1.82, 2.24) is 14.7 Å². The molecule has 0 aliphatic carbocycles.